The Morgan fingerprint density at radius 3 is 2.18 bits per heavy atom. The zero-order chi connectivity index (χ0) is 20.7. The van der Waals surface area contributed by atoms with Crippen LogP contribution in [0.1, 0.15) is 11.1 Å². The standard InChI is InChI=1S/C20H22FNO6/c1-26-16-6-13(7-17(10-16)27-2)11-22(12-20(24)25)19(23)9-14-8-15(21)4-5-18(14)28-3/h4-8,10H,9,11-12H2,1-3H3,(H,24,25). The fourth-order valence-electron chi connectivity index (χ4n) is 2.73. The zero-order valence-electron chi connectivity index (χ0n) is 15.9. The van der Waals surface area contributed by atoms with Gasteiger partial charge in [-0.3, -0.25) is 9.59 Å². The van der Waals surface area contributed by atoms with Crippen molar-refractivity contribution in [1.29, 1.82) is 0 Å². The van der Waals surface area contributed by atoms with Crippen LogP contribution in [-0.4, -0.2) is 49.8 Å². The Morgan fingerprint density at radius 1 is 1.00 bits per heavy atom. The Hall–Kier alpha value is -3.29. The van der Waals surface area contributed by atoms with Crippen LogP contribution in [0.5, 0.6) is 17.2 Å². The molecule has 0 aliphatic rings. The first-order chi connectivity index (χ1) is 13.4. The van der Waals surface area contributed by atoms with Crippen molar-refractivity contribution in [3.05, 3.63) is 53.3 Å². The quantitative estimate of drug-likeness (QED) is 0.707. The first kappa shape index (κ1) is 21.0. The summed E-state index contributed by atoms with van der Waals surface area (Å²) >= 11 is 0. The summed E-state index contributed by atoms with van der Waals surface area (Å²) in [6, 6.07) is 8.90. The Balaban J connectivity index is 2.27. The Morgan fingerprint density at radius 2 is 1.64 bits per heavy atom. The predicted molar refractivity (Wildman–Crippen MR) is 99.3 cm³/mol. The molecule has 1 amide bonds. The van der Waals surface area contributed by atoms with Gasteiger partial charge in [0.15, 0.2) is 0 Å². The molecule has 0 saturated heterocycles. The number of carboxylic acids is 1. The Bertz CT molecular complexity index is 832. The number of nitrogens with zero attached hydrogens (tertiary/aromatic N) is 1. The number of rotatable bonds is 9. The van der Waals surface area contributed by atoms with Gasteiger partial charge in [-0.15, -0.1) is 0 Å². The van der Waals surface area contributed by atoms with E-state index in [1.54, 1.807) is 18.2 Å². The summed E-state index contributed by atoms with van der Waals surface area (Å²) in [7, 11) is 4.41. The molecular weight excluding hydrogens is 369 g/mol. The van der Waals surface area contributed by atoms with Crippen molar-refractivity contribution in [2.45, 2.75) is 13.0 Å². The van der Waals surface area contributed by atoms with Crippen molar-refractivity contribution >= 4 is 11.9 Å². The summed E-state index contributed by atoms with van der Waals surface area (Å²) in [6.45, 7) is -0.480. The van der Waals surface area contributed by atoms with Gasteiger partial charge >= 0.3 is 5.97 Å². The smallest absolute Gasteiger partial charge is 0.323 e. The van der Waals surface area contributed by atoms with Gasteiger partial charge < -0.3 is 24.2 Å². The van der Waals surface area contributed by atoms with Crippen LogP contribution in [0.2, 0.25) is 0 Å². The maximum Gasteiger partial charge on any atom is 0.323 e. The summed E-state index contributed by atoms with van der Waals surface area (Å²) in [4.78, 5) is 25.2. The fraction of sp³-hybridized carbons (Fsp3) is 0.300. The lowest BCUT2D eigenvalue weighted by molar-refractivity contribution is -0.144. The Kier molecular flexibility index (Phi) is 7.20. The summed E-state index contributed by atoms with van der Waals surface area (Å²) in [5.41, 5.74) is 0.975. The normalized spacial score (nSPS) is 10.3. The number of amides is 1. The molecule has 0 bridgehead atoms. The number of halogens is 1. The molecule has 1 N–H and O–H groups in total. The van der Waals surface area contributed by atoms with Crippen molar-refractivity contribution in [2.75, 3.05) is 27.9 Å². The molecule has 150 valence electrons. The lowest BCUT2D eigenvalue weighted by Crippen LogP contribution is -2.36. The van der Waals surface area contributed by atoms with Gasteiger partial charge in [0, 0.05) is 18.2 Å². The van der Waals surface area contributed by atoms with E-state index in [-0.39, 0.29) is 13.0 Å². The third kappa shape index (κ3) is 5.60. The highest BCUT2D eigenvalue weighted by Crippen LogP contribution is 2.24. The lowest BCUT2D eigenvalue weighted by atomic mass is 10.1. The molecule has 28 heavy (non-hydrogen) atoms. The van der Waals surface area contributed by atoms with E-state index in [0.29, 0.717) is 28.4 Å². The van der Waals surface area contributed by atoms with Crippen LogP contribution in [0.15, 0.2) is 36.4 Å². The molecule has 0 spiro atoms. The molecule has 2 aromatic rings. The number of hydrogen-bond donors (Lipinski definition) is 1. The zero-order valence-corrected chi connectivity index (χ0v) is 15.9. The van der Waals surface area contributed by atoms with Crippen LogP contribution < -0.4 is 14.2 Å². The fourth-order valence-corrected chi connectivity index (χ4v) is 2.73. The van der Waals surface area contributed by atoms with Gasteiger partial charge in [-0.05, 0) is 35.9 Å². The highest BCUT2D eigenvalue weighted by Gasteiger charge is 2.20. The third-order valence-electron chi connectivity index (χ3n) is 4.05. The van der Waals surface area contributed by atoms with Crippen molar-refractivity contribution < 1.29 is 33.3 Å². The van der Waals surface area contributed by atoms with Gasteiger partial charge in [0.05, 0.1) is 27.8 Å². The molecule has 0 radical (unpaired) electrons. The van der Waals surface area contributed by atoms with Crippen molar-refractivity contribution in [3.63, 3.8) is 0 Å². The first-order valence-corrected chi connectivity index (χ1v) is 8.40. The van der Waals surface area contributed by atoms with Gasteiger partial charge in [-0.1, -0.05) is 0 Å². The average molecular weight is 391 g/mol. The lowest BCUT2D eigenvalue weighted by Gasteiger charge is -2.22. The minimum absolute atomic E-state index is 0.0241. The second-order valence-corrected chi connectivity index (χ2v) is 6.00. The Labute approximate surface area is 162 Å². The number of methoxy groups -OCH3 is 3. The molecule has 0 aliphatic heterocycles. The number of carbonyl (C=O) groups excluding carboxylic acids is 1. The van der Waals surface area contributed by atoms with Crippen LogP contribution in [0.3, 0.4) is 0 Å². The van der Waals surface area contributed by atoms with E-state index in [1.807, 2.05) is 0 Å². The van der Waals surface area contributed by atoms with Crippen LogP contribution >= 0.6 is 0 Å². The topological polar surface area (TPSA) is 85.3 Å². The largest absolute Gasteiger partial charge is 0.497 e. The van der Waals surface area contributed by atoms with Gasteiger partial charge in [0.2, 0.25) is 5.91 Å². The number of carbonyl (C=O) groups is 2. The van der Waals surface area contributed by atoms with Gasteiger partial charge in [-0.2, -0.15) is 0 Å². The van der Waals surface area contributed by atoms with Crippen LogP contribution in [0.25, 0.3) is 0 Å². The maximum absolute atomic E-state index is 13.6. The van der Waals surface area contributed by atoms with E-state index in [2.05, 4.69) is 0 Å². The molecule has 0 fully saturated rings. The van der Waals surface area contributed by atoms with Crippen molar-refractivity contribution in [2.24, 2.45) is 0 Å². The number of aliphatic carboxylic acids is 1. The number of ether oxygens (including phenoxy) is 3. The third-order valence-corrected chi connectivity index (χ3v) is 4.05. The molecule has 7 nitrogen and oxygen atoms in total. The highest BCUT2D eigenvalue weighted by molar-refractivity contribution is 5.83. The average Bonchev–Trinajstić information content (AvgIpc) is 2.66. The molecule has 0 atom stereocenters. The van der Waals surface area contributed by atoms with Gasteiger partial charge in [0.25, 0.3) is 0 Å². The van der Waals surface area contributed by atoms with E-state index in [4.69, 9.17) is 14.2 Å². The van der Waals surface area contributed by atoms with E-state index >= 15 is 0 Å². The van der Waals surface area contributed by atoms with Crippen LogP contribution in [0.4, 0.5) is 4.39 Å². The number of hydrogen-bond acceptors (Lipinski definition) is 5. The molecule has 0 aromatic heterocycles. The first-order valence-electron chi connectivity index (χ1n) is 8.40. The molecule has 2 rings (SSSR count). The van der Waals surface area contributed by atoms with Crippen molar-refractivity contribution in [1.82, 2.24) is 4.90 Å². The second-order valence-electron chi connectivity index (χ2n) is 6.00. The van der Waals surface area contributed by atoms with E-state index < -0.39 is 24.2 Å². The molecule has 8 heteroatoms. The summed E-state index contributed by atoms with van der Waals surface area (Å²) in [5.74, 6) is -0.755. The molecule has 2 aromatic carbocycles. The van der Waals surface area contributed by atoms with Crippen LogP contribution in [-0.2, 0) is 22.6 Å². The van der Waals surface area contributed by atoms with Crippen LogP contribution in [0, 0.1) is 5.82 Å². The molecule has 0 heterocycles. The monoisotopic (exact) mass is 391 g/mol. The maximum atomic E-state index is 13.6. The molecule has 0 aliphatic carbocycles. The van der Waals surface area contributed by atoms with E-state index in [1.165, 1.54) is 44.4 Å². The van der Waals surface area contributed by atoms with E-state index in [0.717, 1.165) is 0 Å². The number of benzene rings is 2. The minimum atomic E-state index is -1.16. The number of carboxylic acid groups (broad SMARTS) is 1. The molecule has 0 unspecified atom stereocenters. The predicted octanol–water partition coefficient (Wildman–Crippen LogP) is 2.51. The summed E-state index contributed by atoms with van der Waals surface area (Å²) in [6.07, 6.45) is -0.199. The molecule has 0 saturated carbocycles. The SMILES string of the molecule is COc1cc(CN(CC(=O)O)C(=O)Cc2cc(F)ccc2OC)cc(OC)c1. The van der Waals surface area contributed by atoms with Gasteiger partial charge in [0.1, 0.15) is 29.6 Å². The van der Waals surface area contributed by atoms with Gasteiger partial charge in [-0.25, -0.2) is 4.39 Å². The minimum Gasteiger partial charge on any atom is -0.497 e. The highest BCUT2D eigenvalue weighted by atomic mass is 19.1. The summed E-state index contributed by atoms with van der Waals surface area (Å²) < 4.78 is 29.1. The van der Waals surface area contributed by atoms with E-state index in [9.17, 15) is 19.1 Å². The van der Waals surface area contributed by atoms with Crippen molar-refractivity contribution in [3.8, 4) is 17.2 Å². The second kappa shape index (κ2) is 9.59. The summed E-state index contributed by atoms with van der Waals surface area (Å²) in [5, 5.41) is 9.20. The molecular formula is C20H22FNO6.